The van der Waals surface area contributed by atoms with Gasteiger partial charge >= 0.3 is 0 Å². The zero-order valence-electron chi connectivity index (χ0n) is 21.2. The van der Waals surface area contributed by atoms with Crippen molar-refractivity contribution >= 4 is 16.7 Å². The molecule has 0 aliphatic heterocycles. The number of ether oxygens (including phenoxy) is 1. The molecule has 0 saturated heterocycles. The Morgan fingerprint density at radius 2 is 1.57 bits per heavy atom. The number of benzene rings is 3. The van der Waals surface area contributed by atoms with Crippen molar-refractivity contribution in [3.63, 3.8) is 0 Å². The van der Waals surface area contributed by atoms with Crippen molar-refractivity contribution in [3.05, 3.63) is 95.7 Å². The number of aryl methyl sites for hydroxylation is 1. The van der Waals surface area contributed by atoms with E-state index in [0.29, 0.717) is 12.2 Å². The van der Waals surface area contributed by atoms with Crippen LogP contribution < -0.4 is 10.6 Å². The first-order chi connectivity index (χ1) is 17.2. The quantitative estimate of drug-likeness (QED) is 0.0993. The Labute approximate surface area is 208 Å². The molecule has 0 bridgehead atoms. The van der Waals surface area contributed by atoms with Crippen molar-refractivity contribution < 1.29 is 4.74 Å². The standard InChI is InChI=1S/C25H23N5O.2C2H6/c1-2-19-15-24(22-9-5-6-10-23(22)28-19)31-16-17-11-13-18(14-12-17)20-7-3-4-8-21(20)25(26)29-30-27;2*1-2/h3-15H,2,16H2,1H3,(H3,26,27,29);2*1-2H3. The van der Waals surface area contributed by atoms with Gasteiger partial charge in [-0.05, 0) is 35.2 Å². The summed E-state index contributed by atoms with van der Waals surface area (Å²) in [5, 5.41) is 16.0. The second-order valence-electron chi connectivity index (χ2n) is 7.08. The normalized spacial score (nSPS) is 10.2. The number of nitrogens with one attached hydrogen (secondary N) is 1. The van der Waals surface area contributed by atoms with Gasteiger partial charge in [-0.2, -0.15) is 0 Å². The molecule has 3 aromatic carbocycles. The second kappa shape index (κ2) is 14.3. The van der Waals surface area contributed by atoms with E-state index < -0.39 is 0 Å². The number of para-hydroxylation sites is 1. The predicted octanol–water partition coefficient (Wildman–Crippen LogP) is 7.75. The Kier molecular flexibility index (Phi) is 11.1. The molecule has 6 heteroatoms. The average molecular weight is 470 g/mol. The maximum Gasteiger partial charge on any atom is 0.176 e. The minimum absolute atomic E-state index is 0.0294. The smallest absolute Gasteiger partial charge is 0.176 e. The van der Waals surface area contributed by atoms with E-state index in [4.69, 9.17) is 16.0 Å². The lowest BCUT2D eigenvalue weighted by molar-refractivity contribution is 0.309. The molecule has 0 spiro atoms. The highest BCUT2D eigenvalue weighted by Crippen LogP contribution is 2.28. The lowest BCUT2D eigenvalue weighted by Gasteiger charge is -2.12. The Morgan fingerprint density at radius 3 is 2.26 bits per heavy atom. The fourth-order valence-corrected chi connectivity index (χ4v) is 3.49. The molecule has 4 rings (SSSR count). The van der Waals surface area contributed by atoms with E-state index in [-0.39, 0.29) is 5.84 Å². The molecule has 0 aliphatic carbocycles. The molecule has 4 aromatic rings. The maximum atomic E-state index is 8.06. The Hall–Kier alpha value is -4.06. The van der Waals surface area contributed by atoms with Crippen LogP contribution in [0.15, 0.2) is 89.2 Å². The minimum atomic E-state index is 0.0294. The van der Waals surface area contributed by atoms with Gasteiger partial charge in [0, 0.05) is 22.7 Å². The van der Waals surface area contributed by atoms with Gasteiger partial charge in [-0.25, -0.2) is 0 Å². The molecule has 3 N–H and O–H groups in total. The number of amidine groups is 1. The molecular formula is C29H35N5O. The van der Waals surface area contributed by atoms with Crippen LogP contribution in [-0.4, -0.2) is 10.8 Å². The summed E-state index contributed by atoms with van der Waals surface area (Å²) in [4.78, 5) is 4.67. The molecule has 0 amide bonds. The van der Waals surface area contributed by atoms with Crippen molar-refractivity contribution in [2.45, 2.75) is 47.6 Å². The van der Waals surface area contributed by atoms with Crippen LogP contribution in [-0.2, 0) is 13.0 Å². The van der Waals surface area contributed by atoms with Crippen LogP contribution in [0.5, 0.6) is 5.75 Å². The van der Waals surface area contributed by atoms with Gasteiger partial charge in [-0.15, -0.1) is 5.11 Å². The number of nitrogens with two attached hydrogens (primary N) is 1. The number of aromatic nitrogens is 1. The first-order valence-corrected chi connectivity index (χ1v) is 12.1. The van der Waals surface area contributed by atoms with Crippen molar-refractivity contribution in [1.82, 2.24) is 4.98 Å². The van der Waals surface area contributed by atoms with E-state index in [0.717, 1.165) is 45.5 Å². The first kappa shape index (κ1) is 27.2. The van der Waals surface area contributed by atoms with E-state index >= 15 is 0 Å². The third kappa shape index (κ3) is 6.96. The van der Waals surface area contributed by atoms with Crippen LogP contribution in [0.3, 0.4) is 0 Å². The number of nitrogens with zero attached hydrogens (tertiary/aromatic N) is 3. The van der Waals surface area contributed by atoms with E-state index in [1.165, 1.54) is 0 Å². The van der Waals surface area contributed by atoms with Gasteiger partial charge in [0.1, 0.15) is 12.4 Å². The van der Waals surface area contributed by atoms with Gasteiger partial charge in [0.25, 0.3) is 0 Å². The monoisotopic (exact) mass is 469 g/mol. The highest BCUT2D eigenvalue weighted by atomic mass is 16.5. The zero-order chi connectivity index (χ0) is 25.6. The van der Waals surface area contributed by atoms with Crippen LogP contribution in [0, 0.1) is 5.41 Å². The van der Waals surface area contributed by atoms with Crippen LogP contribution in [0.25, 0.3) is 22.0 Å². The Balaban J connectivity index is 0.00000103. The molecule has 182 valence electrons. The van der Waals surface area contributed by atoms with Crippen LogP contribution in [0.4, 0.5) is 0 Å². The molecule has 1 heterocycles. The molecule has 0 fully saturated rings. The van der Waals surface area contributed by atoms with E-state index in [2.05, 4.69) is 22.2 Å². The van der Waals surface area contributed by atoms with Crippen molar-refractivity contribution in [3.8, 4) is 16.9 Å². The number of rotatable bonds is 6. The SMILES string of the molecule is CC.CC.CCc1cc(OCc2ccc(-c3ccccc3C(=N)N=NN)cc2)c2ccccc2n1. The van der Waals surface area contributed by atoms with Crippen molar-refractivity contribution in [2.75, 3.05) is 0 Å². The summed E-state index contributed by atoms with van der Waals surface area (Å²) in [6, 6.07) is 25.7. The van der Waals surface area contributed by atoms with Gasteiger partial charge in [0.15, 0.2) is 5.84 Å². The van der Waals surface area contributed by atoms with Gasteiger partial charge in [0.05, 0.1) is 5.52 Å². The molecular weight excluding hydrogens is 434 g/mol. The summed E-state index contributed by atoms with van der Waals surface area (Å²) < 4.78 is 6.17. The van der Waals surface area contributed by atoms with E-state index in [1.807, 2.05) is 107 Å². The fourth-order valence-electron chi connectivity index (χ4n) is 3.49. The second-order valence-corrected chi connectivity index (χ2v) is 7.08. The van der Waals surface area contributed by atoms with Crippen LogP contribution >= 0.6 is 0 Å². The fraction of sp³-hybridized carbons (Fsp3) is 0.241. The van der Waals surface area contributed by atoms with Gasteiger partial charge < -0.3 is 10.6 Å². The molecule has 6 nitrogen and oxygen atoms in total. The molecule has 0 atom stereocenters. The highest BCUT2D eigenvalue weighted by Gasteiger charge is 2.10. The van der Waals surface area contributed by atoms with Crippen LogP contribution in [0.2, 0.25) is 0 Å². The van der Waals surface area contributed by atoms with Gasteiger partial charge in [-0.1, -0.05) is 101 Å². The molecule has 0 unspecified atom stereocenters. The zero-order valence-corrected chi connectivity index (χ0v) is 21.2. The highest BCUT2D eigenvalue weighted by molar-refractivity contribution is 6.02. The third-order valence-electron chi connectivity index (χ3n) is 5.09. The molecule has 0 radical (unpaired) electrons. The van der Waals surface area contributed by atoms with Crippen molar-refractivity contribution in [2.24, 2.45) is 16.2 Å². The molecule has 0 saturated carbocycles. The summed E-state index contributed by atoms with van der Waals surface area (Å²) in [5.74, 6) is 5.98. The molecule has 1 aromatic heterocycles. The van der Waals surface area contributed by atoms with Gasteiger partial charge in [-0.3, -0.25) is 10.4 Å². The number of hydrogen-bond donors (Lipinski definition) is 2. The topological polar surface area (TPSA) is 96.7 Å². The molecule has 35 heavy (non-hydrogen) atoms. The Bertz CT molecular complexity index is 1250. The maximum absolute atomic E-state index is 8.06. The number of pyridine rings is 1. The summed E-state index contributed by atoms with van der Waals surface area (Å²) >= 11 is 0. The van der Waals surface area contributed by atoms with Gasteiger partial charge in [0.2, 0.25) is 0 Å². The molecule has 0 aliphatic rings. The summed E-state index contributed by atoms with van der Waals surface area (Å²) in [6.45, 7) is 10.5. The lowest BCUT2D eigenvalue weighted by Crippen LogP contribution is -2.00. The first-order valence-electron chi connectivity index (χ1n) is 12.1. The van der Waals surface area contributed by atoms with E-state index in [1.54, 1.807) is 0 Å². The average Bonchev–Trinajstić information content (AvgIpc) is 2.94. The summed E-state index contributed by atoms with van der Waals surface area (Å²) in [7, 11) is 0. The summed E-state index contributed by atoms with van der Waals surface area (Å²) in [6.07, 6.45) is 0.855. The largest absolute Gasteiger partial charge is 0.488 e. The van der Waals surface area contributed by atoms with Crippen molar-refractivity contribution in [1.29, 1.82) is 5.41 Å². The number of hydrogen-bond acceptors (Lipinski definition) is 4. The van der Waals surface area contributed by atoms with Crippen LogP contribution in [0.1, 0.15) is 51.4 Å². The number of fused-ring (bicyclic) bond motifs is 1. The van der Waals surface area contributed by atoms with E-state index in [9.17, 15) is 0 Å². The lowest BCUT2D eigenvalue weighted by atomic mass is 9.98. The predicted molar refractivity (Wildman–Crippen MR) is 146 cm³/mol. The third-order valence-corrected chi connectivity index (χ3v) is 5.09. The summed E-state index contributed by atoms with van der Waals surface area (Å²) in [5.41, 5.74) is 5.57. The minimum Gasteiger partial charge on any atom is -0.488 e. The Morgan fingerprint density at radius 1 is 0.914 bits per heavy atom.